The molecule has 0 atom stereocenters. The molecular formula is C18H12BrN3OS3. The van der Waals surface area contributed by atoms with Crippen LogP contribution in [0.25, 0.3) is 21.5 Å². The monoisotopic (exact) mass is 461 g/mol. The van der Waals surface area contributed by atoms with Crippen molar-refractivity contribution in [1.29, 1.82) is 0 Å². The van der Waals surface area contributed by atoms with Gasteiger partial charge in [-0.2, -0.15) is 0 Å². The zero-order valence-corrected chi connectivity index (χ0v) is 17.3. The van der Waals surface area contributed by atoms with Gasteiger partial charge in [0.1, 0.15) is 0 Å². The number of rotatable bonds is 5. The summed E-state index contributed by atoms with van der Waals surface area (Å²) in [4.78, 5) is 21.2. The number of nitrogens with zero attached hydrogens (tertiary/aromatic N) is 2. The van der Waals surface area contributed by atoms with Gasteiger partial charge < -0.3 is 5.32 Å². The number of anilines is 1. The first kappa shape index (κ1) is 17.7. The highest BCUT2D eigenvalue weighted by Gasteiger charge is 2.11. The van der Waals surface area contributed by atoms with Crippen molar-refractivity contribution in [3.8, 4) is 11.3 Å². The third kappa shape index (κ3) is 4.15. The standard InChI is InChI=1S/C18H12BrN3OS3/c19-12-6-7-13-15(8-12)26-17(20-13)22-16(23)10-25-18-21-14(9-24-18)11-4-2-1-3-5-11/h1-9H,10H2,(H,20,22,23). The number of benzene rings is 2. The summed E-state index contributed by atoms with van der Waals surface area (Å²) in [6.45, 7) is 0. The van der Waals surface area contributed by atoms with Crippen LogP contribution in [0.1, 0.15) is 0 Å². The van der Waals surface area contributed by atoms with Crippen LogP contribution in [0.4, 0.5) is 5.13 Å². The number of hydrogen-bond donors (Lipinski definition) is 1. The molecule has 2 aromatic heterocycles. The summed E-state index contributed by atoms with van der Waals surface area (Å²) in [5, 5.41) is 5.50. The van der Waals surface area contributed by atoms with Crippen LogP contribution in [0.5, 0.6) is 0 Å². The molecule has 130 valence electrons. The van der Waals surface area contributed by atoms with Crippen LogP contribution in [-0.2, 0) is 4.79 Å². The number of fused-ring (bicyclic) bond motifs is 1. The lowest BCUT2D eigenvalue weighted by Gasteiger charge is -1.99. The molecule has 0 aliphatic heterocycles. The number of aromatic nitrogens is 2. The lowest BCUT2D eigenvalue weighted by molar-refractivity contribution is -0.113. The van der Waals surface area contributed by atoms with E-state index in [-0.39, 0.29) is 5.91 Å². The van der Waals surface area contributed by atoms with Crippen LogP contribution in [-0.4, -0.2) is 21.6 Å². The minimum absolute atomic E-state index is 0.0791. The van der Waals surface area contributed by atoms with Gasteiger partial charge in [0, 0.05) is 15.4 Å². The molecule has 2 aromatic carbocycles. The number of nitrogens with one attached hydrogen (secondary N) is 1. The molecule has 0 saturated heterocycles. The number of halogens is 1. The van der Waals surface area contributed by atoms with Gasteiger partial charge in [0.15, 0.2) is 9.47 Å². The SMILES string of the molecule is O=C(CSc1nc(-c2ccccc2)cs1)Nc1nc2ccc(Br)cc2s1. The molecule has 26 heavy (non-hydrogen) atoms. The van der Waals surface area contributed by atoms with Gasteiger partial charge in [-0.3, -0.25) is 4.79 Å². The first-order valence-electron chi connectivity index (χ1n) is 7.67. The van der Waals surface area contributed by atoms with Crippen LogP contribution >= 0.6 is 50.4 Å². The Balaban J connectivity index is 1.37. The highest BCUT2D eigenvalue weighted by Crippen LogP contribution is 2.30. The number of thiazole rings is 2. The van der Waals surface area contributed by atoms with Gasteiger partial charge in [-0.25, -0.2) is 9.97 Å². The van der Waals surface area contributed by atoms with Crippen molar-refractivity contribution in [1.82, 2.24) is 9.97 Å². The Hall–Kier alpha value is -1.74. The van der Waals surface area contributed by atoms with E-state index in [2.05, 4.69) is 31.2 Å². The van der Waals surface area contributed by atoms with Crippen LogP contribution < -0.4 is 5.32 Å². The van der Waals surface area contributed by atoms with Crippen molar-refractivity contribution in [2.45, 2.75) is 4.34 Å². The van der Waals surface area contributed by atoms with Crippen molar-refractivity contribution < 1.29 is 4.79 Å². The van der Waals surface area contributed by atoms with Crippen molar-refractivity contribution in [2.75, 3.05) is 11.1 Å². The zero-order valence-electron chi connectivity index (χ0n) is 13.3. The topological polar surface area (TPSA) is 54.9 Å². The number of thioether (sulfide) groups is 1. The number of amides is 1. The van der Waals surface area contributed by atoms with Gasteiger partial charge in [-0.15, -0.1) is 11.3 Å². The minimum atomic E-state index is -0.0791. The van der Waals surface area contributed by atoms with E-state index in [1.54, 1.807) is 11.3 Å². The molecule has 1 amide bonds. The van der Waals surface area contributed by atoms with Gasteiger partial charge in [-0.1, -0.05) is 69.4 Å². The average molecular weight is 462 g/mol. The molecule has 0 unspecified atom stereocenters. The molecule has 2 heterocycles. The third-order valence-electron chi connectivity index (χ3n) is 3.48. The fourth-order valence-corrected chi connectivity index (χ4v) is 5.37. The maximum absolute atomic E-state index is 12.2. The van der Waals surface area contributed by atoms with Crippen molar-refractivity contribution in [3.05, 3.63) is 58.4 Å². The quantitative estimate of drug-likeness (QED) is 0.375. The van der Waals surface area contributed by atoms with Crippen molar-refractivity contribution >= 4 is 71.6 Å². The Kier molecular flexibility index (Phi) is 5.35. The Labute approximate surface area is 170 Å². The fraction of sp³-hybridized carbons (Fsp3) is 0.0556. The maximum Gasteiger partial charge on any atom is 0.236 e. The van der Waals surface area contributed by atoms with Gasteiger partial charge >= 0.3 is 0 Å². The summed E-state index contributed by atoms with van der Waals surface area (Å²) >= 11 is 7.90. The lowest BCUT2D eigenvalue weighted by Crippen LogP contribution is -2.13. The molecule has 0 aliphatic carbocycles. The Morgan fingerprint density at radius 2 is 2.00 bits per heavy atom. The third-order valence-corrected chi connectivity index (χ3v) is 6.92. The number of hydrogen-bond acceptors (Lipinski definition) is 6. The van der Waals surface area contributed by atoms with Crippen LogP contribution in [0, 0.1) is 0 Å². The molecule has 0 bridgehead atoms. The largest absolute Gasteiger partial charge is 0.301 e. The molecule has 4 aromatic rings. The summed E-state index contributed by atoms with van der Waals surface area (Å²) in [6, 6.07) is 15.9. The molecule has 0 fully saturated rings. The fourth-order valence-electron chi connectivity index (χ4n) is 2.30. The molecule has 4 rings (SSSR count). The molecule has 0 radical (unpaired) electrons. The number of carbonyl (C=O) groups is 1. The smallest absolute Gasteiger partial charge is 0.236 e. The van der Waals surface area contributed by atoms with Gasteiger partial charge in [0.25, 0.3) is 0 Å². The second-order valence-corrected chi connectivity index (χ2v) is 9.36. The van der Waals surface area contributed by atoms with E-state index in [1.807, 2.05) is 53.9 Å². The van der Waals surface area contributed by atoms with Gasteiger partial charge in [0.2, 0.25) is 5.91 Å². The molecule has 0 aliphatic rings. The Bertz CT molecular complexity index is 1060. The van der Waals surface area contributed by atoms with Gasteiger partial charge in [0.05, 0.1) is 21.7 Å². The lowest BCUT2D eigenvalue weighted by atomic mass is 10.2. The Morgan fingerprint density at radius 1 is 1.15 bits per heavy atom. The highest BCUT2D eigenvalue weighted by molar-refractivity contribution is 9.10. The van der Waals surface area contributed by atoms with E-state index in [4.69, 9.17) is 0 Å². The van der Waals surface area contributed by atoms with Crippen molar-refractivity contribution in [2.24, 2.45) is 0 Å². The molecule has 8 heteroatoms. The minimum Gasteiger partial charge on any atom is -0.301 e. The second-order valence-electron chi connectivity index (χ2n) is 5.33. The van der Waals surface area contributed by atoms with E-state index < -0.39 is 0 Å². The predicted molar refractivity (Wildman–Crippen MR) is 114 cm³/mol. The predicted octanol–water partition coefficient (Wildman–Crippen LogP) is 5.91. The van der Waals surface area contributed by atoms with Crippen LogP contribution in [0.3, 0.4) is 0 Å². The zero-order chi connectivity index (χ0) is 17.9. The van der Waals surface area contributed by atoms with Gasteiger partial charge in [-0.05, 0) is 18.2 Å². The summed E-state index contributed by atoms with van der Waals surface area (Å²) < 4.78 is 2.92. The highest BCUT2D eigenvalue weighted by atomic mass is 79.9. The molecule has 0 saturated carbocycles. The van der Waals surface area contributed by atoms with E-state index >= 15 is 0 Å². The summed E-state index contributed by atoms with van der Waals surface area (Å²) in [6.07, 6.45) is 0. The van der Waals surface area contributed by atoms with E-state index in [1.165, 1.54) is 23.1 Å². The van der Waals surface area contributed by atoms with E-state index in [0.717, 1.165) is 30.3 Å². The summed E-state index contributed by atoms with van der Waals surface area (Å²) in [5.74, 6) is 0.228. The van der Waals surface area contributed by atoms with Crippen LogP contribution in [0.15, 0.2) is 62.7 Å². The summed E-state index contributed by atoms with van der Waals surface area (Å²) in [7, 11) is 0. The first-order valence-corrected chi connectivity index (χ1v) is 11.1. The van der Waals surface area contributed by atoms with E-state index in [9.17, 15) is 4.79 Å². The van der Waals surface area contributed by atoms with Crippen LogP contribution in [0.2, 0.25) is 0 Å². The average Bonchev–Trinajstić information content (AvgIpc) is 3.27. The molecule has 1 N–H and O–H groups in total. The van der Waals surface area contributed by atoms with E-state index in [0.29, 0.717) is 10.9 Å². The normalized spacial score (nSPS) is 11.0. The molecule has 0 spiro atoms. The summed E-state index contributed by atoms with van der Waals surface area (Å²) in [5.41, 5.74) is 2.91. The first-order chi connectivity index (χ1) is 12.7. The maximum atomic E-state index is 12.2. The number of carbonyl (C=O) groups excluding carboxylic acids is 1. The molecular weight excluding hydrogens is 450 g/mol. The second kappa shape index (κ2) is 7.87. The Morgan fingerprint density at radius 3 is 2.85 bits per heavy atom. The van der Waals surface area contributed by atoms with Crippen molar-refractivity contribution in [3.63, 3.8) is 0 Å². The molecule has 4 nitrogen and oxygen atoms in total.